The van der Waals surface area contributed by atoms with Gasteiger partial charge in [-0.3, -0.25) is 10.2 Å². The lowest BCUT2D eigenvalue weighted by atomic mass is 10.1. The summed E-state index contributed by atoms with van der Waals surface area (Å²) in [6.45, 7) is 3.70. The fourth-order valence-corrected chi connectivity index (χ4v) is 2.64. The maximum absolute atomic E-state index is 13.6. The number of carboxylic acid groups (broad SMARTS) is 1. The van der Waals surface area contributed by atoms with Gasteiger partial charge in [-0.05, 0) is 18.2 Å². The van der Waals surface area contributed by atoms with Crippen LogP contribution in [0.2, 0.25) is 0 Å². The van der Waals surface area contributed by atoms with Gasteiger partial charge in [0.1, 0.15) is 0 Å². The molecule has 1 atom stereocenters. The number of nitrogens with zero attached hydrogens (tertiary/aromatic N) is 1. The van der Waals surface area contributed by atoms with Crippen LogP contribution in [0.1, 0.15) is 12.0 Å². The van der Waals surface area contributed by atoms with Crippen LogP contribution >= 0.6 is 11.8 Å². The van der Waals surface area contributed by atoms with Crippen molar-refractivity contribution in [2.24, 2.45) is 5.10 Å². The van der Waals surface area contributed by atoms with Crippen molar-refractivity contribution in [3.05, 3.63) is 36.2 Å². The number of aliphatic carboxylic acids is 1. The van der Waals surface area contributed by atoms with Gasteiger partial charge in [0.05, 0.1) is 24.0 Å². The van der Waals surface area contributed by atoms with E-state index < -0.39 is 22.9 Å². The first-order valence-corrected chi connectivity index (χ1v) is 7.32. The maximum Gasteiger partial charge on any atom is 0.227 e. The molecule has 0 saturated carbocycles. The van der Waals surface area contributed by atoms with Crippen molar-refractivity contribution in [2.75, 3.05) is 7.11 Å². The van der Waals surface area contributed by atoms with E-state index >= 15 is 0 Å². The molecule has 0 bridgehead atoms. The quantitative estimate of drug-likeness (QED) is 0.735. The molecule has 2 rings (SSSR count). The van der Waals surface area contributed by atoms with E-state index in [9.17, 15) is 19.1 Å². The number of methoxy groups -OCH3 is 1. The highest BCUT2D eigenvalue weighted by molar-refractivity contribution is 8.15. The molecule has 1 amide bonds. The topological polar surface area (TPSA) is 103 Å². The molecular weight excluding hydrogens is 325 g/mol. The first-order chi connectivity index (χ1) is 10.9. The fraction of sp³-hybridized carbons (Fsp3) is 0.214. The summed E-state index contributed by atoms with van der Waals surface area (Å²) in [6.07, 6.45) is -0.184. The second-order valence-corrected chi connectivity index (χ2v) is 5.73. The predicted octanol–water partition coefficient (Wildman–Crippen LogP) is 0.0372. The van der Waals surface area contributed by atoms with E-state index in [0.717, 1.165) is 11.8 Å². The highest BCUT2D eigenvalue weighted by atomic mass is 32.2. The van der Waals surface area contributed by atoms with E-state index in [2.05, 4.69) is 22.4 Å². The highest BCUT2D eigenvalue weighted by Gasteiger charge is 2.25. The van der Waals surface area contributed by atoms with Gasteiger partial charge in [-0.25, -0.2) is 4.39 Å². The molecule has 1 heterocycles. The monoisotopic (exact) mass is 338 g/mol. The third-order valence-electron chi connectivity index (χ3n) is 2.93. The molecular formula is C14H13FN3O4S-. The zero-order valence-corrected chi connectivity index (χ0v) is 12.9. The Hall–Kier alpha value is -2.55. The Morgan fingerprint density at radius 2 is 2.35 bits per heavy atom. The molecule has 9 heteroatoms. The SMILES string of the molecule is C=C(N/N=C1\NC(=O)C[C@@H](C(=O)[O-])S1)c1ccc(OC)c(F)c1. The summed E-state index contributed by atoms with van der Waals surface area (Å²) in [5.41, 5.74) is 3.25. The summed E-state index contributed by atoms with van der Waals surface area (Å²) in [7, 11) is 1.35. The Kier molecular flexibility index (Phi) is 5.22. The Morgan fingerprint density at radius 3 is 2.96 bits per heavy atom. The maximum atomic E-state index is 13.6. The lowest BCUT2D eigenvalue weighted by Gasteiger charge is -2.23. The van der Waals surface area contributed by atoms with Gasteiger partial charge in [-0.2, -0.15) is 0 Å². The lowest BCUT2D eigenvalue weighted by Crippen LogP contribution is -2.45. The third kappa shape index (κ3) is 4.22. The summed E-state index contributed by atoms with van der Waals surface area (Å²) >= 11 is 0.848. The zero-order valence-electron chi connectivity index (χ0n) is 12.1. The Labute approximate surface area is 135 Å². The first kappa shape index (κ1) is 16.8. The number of ether oxygens (including phenoxy) is 1. The minimum atomic E-state index is -1.34. The van der Waals surface area contributed by atoms with Crippen molar-refractivity contribution in [3.63, 3.8) is 0 Å². The molecule has 1 aliphatic rings. The van der Waals surface area contributed by atoms with Crippen molar-refractivity contribution in [3.8, 4) is 5.75 Å². The average Bonchev–Trinajstić information content (AvgIpc) is 2.52. The Bertz CT molecular complexity index is 693. The first-order valence-electron chi connectivity index (χ1n) is 6.44. The number of halogens is 1. The van der Waals surface area contributed by atoms with Gasteiger partial charge in [0, 0.05) is 12.0 Å². The molecule has 0 aromatic heterocycles. The number of thioether (sulfide) groups is 1. The largest absolute Gasteiger partial charge is 0.549 e. The number of amidine groups is 1. The molecule has 1 aliphatic heterocycles. The number of rotatable bonds is 5. The summed E-state index contributed by atoms with van der Waals surface area (Å²) in [5.74, 6) is -2.27. The van der Waals surface area contributed by atoms with Gasteiger partial charge in [0.25, 0.3) is 0 Å². The summed E-state index contributed by atoms with van der Waals surface area (Å²) in [6, 6.07) is 4.23. The normalized spacial score (nSPS) is 19.1. The minimum Gasteiger partial charge on any atom is -0.549 e. The molecule has 1 aromatic carbocycles. The van der Waals surface area contributed by atoms with E-state index in [-0.39, 0.29) is 23.0 Å². The summed E-state index contributed by atoms with van der Waals surface area (Å²) in [4.78, 5) is 22.3. The molecule has 0 aliphatic carbocycles. The van der Waals surface area contributed by atoms with Crippen LogP contribution < -0.4 is 20.6 Å². The van der Waals surface area contributed by atoms with E-state index in [0.29, 0.717) is 5.56 Å². The molecule has 1 saturated heterocycles. The molecule has 0 unspecified atom stereocenters. The number of hydrogen-bond acceptors (Lipinski definition) is 7. The lowest BCUT2D eigenvalue weighted by molar-refractivity contribution is -0.304. The van der Waals surface area contributed by atoms with Gasteiger partial charge < -0.3 is 20.0 Å². The molecule has 1 aromatic rings. The van der Waals surface area contributed by atoms with Crippen molar-refractivity contribution < 1.29 is 23.8 Å². The minimum absolute atomic E-state index is 0.0746. The number of hydrazone groups is 1. The van der Waals surface area contributed by atoms with Gasteiger partial charge in [0.15, 0.2) is 16.7 Å². The van der Waals surface area contributed by atoms with Crippen LogP contribution in [0.3, 0.4) is 0 Å². The van der Waals surface area contributed by atoms with Gasteiger partial charge >= 0.3 is 0 Å². The van der Waals surface area contributed by atoms with Crippen LogP contribution in [0.25, 0.3) is 5.70 Å². The van der Waals surface area contributed by atoms with Crippen molar-refractivity contribution >= 4 is 34.5 Å². The average molecular weight is 338 g/mol. The van der Waals surface area contributed by atoms with Gasteiger partial charge in [-0.1, -0.05) is 18.3 Å². The zero-order chi connectivity index (χ0) is 17.0. The van der Waals surface area contributed by atoms with Crippen LogP contribution in [0.15, 0.2) is 29.9 Å². The molecule has 0 spiro atoms. The van der Waals surface area contributed by atoms with Crippen LogP contribution in [-0.4, -0.2) is 29.4 Å². The third-order valence-corrected chi connectivity index (χ3v) is 3.99. The van der Waals surface area contributed by atoms with Crippen LogP contribution in [0, 0.1) is 5.82 Å². The highest BCUT2D eigenvalue weighted by Crippen LogP contribution is 2.22. The molecule has 1 fully saturated rings. The number of carboxylic acids is 1. The standard InChI is InChI=1S/C14H14FN3O4S/c1-7(8-3-4-10(22-2)9(15)5-8)17-18-14-16-12(19)6-11(23-14)13(20)21/h3-5,11,17H,1,6H2,2H3,(H,20,21)(H,16,18,19)/p-1/t11-/m0/s1. The fourth-order valence-electron chi connectivity index (χ4n) is 1.77. The van der Waals surface area contributed by atoms with E-state index in [1.807, 2.05) is 0 Å². The number of carbonyl (C=O) groups excluding carboxylic acids is 2. The van der Waals surface area contributed by atoms with Crippen molar-refractivity contribution in [1.29, 1.82) is 0 Å². The van der Waals surface area contributed by atoms with Gasteiger partial charge in [-0.15, -0.1) is 5.10 Å². The number of nitrogens with one attached hydrogen (secondary N) is 2. The number of carbonyl (C=O) groups is 2. The van der Waals surface area contributed by atoms with Crippen LogP contribution in [0.4, 0.5) is 4.39 Å². The molecule has 7 nitrogen and oxygen atoms in total. The molecule has 0 radical (unpaired) electrons. The second kappa shape index (κ2) is 7.14. The van der Waals surface area contributed by atoms with E-state index in [4.69, 9.17) is 4.74 Å². The van der Waals surface area contributed by atoms with Gasteiger partial charge in [0.2, 0.25) is 5.91 Å². The van der Waals surface area contributed by atoms with Crippen molar-refractivity contribution in [2.45, 2.75) is 11.7 Å². The summed E-state index contributed by atoms with van der Waals surface area (Å²) in [5, 5.41) is 16.2. The van der Waals surface area contributed by atoms with Crippen molar-refractivity contribution in [1.82, 2.24) is 10.7 Å². The Morgan fingerprint density at radius 1 is 1.61 bits per heavy atom. The van der Waals surface area contributed by atoms with Crippen LogP contribution in [0.5, 0.6) is 5.75 Å². The second-order valence-electron chi connectivity index (χ2n) is 4.53. The molecule has 122 valence electrons. The van der Waals surface area contributed by atoms with E-state index in [1.165, 1.54) is 19.2 Å². The van der Waals surface area contributed by atoms with E-state index in [1.54, 1.807) is 6.07 Å². The Balaban J connectivity index is 2.06. The number of amides is 1. The smallest absolute Gasteiger partial charge is 0.227 e. The predicted molar refractivity (Wildman–Crippen MR) is 81.7 cm³/mol. The molecule has 2 N–H and O–H groups in total. The number of benzene rings is 1. The summed E-state index contributed by atoms with van der Waals surface area (Å²) < 4.78 is 18.4. The molecule has 23 heavy (non-hydrogen) atoms. The number of hydrogen-bond donors (Lipinski definition) is 2. The van der Waals surface area contributed by atoms with Crippen LogP contribution in [-0.2, 0) is 9.59 Å².